The van der Waals surface area contributed by atoms with Gasteiger partial charge < -0.3 is 15.5 Å². The van der Waals surface area contributed by atoms with Gasteiger partial charge in [0.2, 0.25) is 17.8 Å². The lowest BCUT2D eigenvalue weighted by atomic mass is 9.92. The zero-order valence-corrected chi connectivity index (χ0v) is 17.5. The van der Waals surface area contributed by atoms with Crippen LogP contribution in [0.4, 0.5) is 17.5 Å². The van der Waals surface area contributed by atoms with E-state index in [9.17, 15) is 14.4 Å². The second-order valence-electron chi connectivity index (χ2n) is 8.49. The molecule has 8 nitrogen and oxygen atoms in total. The predicted octanol–water partition coefficient (Wildman–Crippen LogP) is 2.69. The summed E-state index contributed by atoms with van der Waals surface area (Å²) in [5.74, 6) is -0.322. The van der Waals surface area contributed by atoms with E-state index in [4.69, 9.17) is 0 Å². The molecule has 0 unspecified atom stereocenters. The van der Waals surface area contributed by atoms with Crippen LogP contribution in [-0.4, -0.2) is 34.9 Å². The third kappa shape index (κ3) is 4.08. The number of anilines is 3. The Bertz CT molecular complexity index is 1030. The molecule has 2 aliphatic heterocycles. The zero-order valence-electron chi connectivity index (χ0n) is 17.5. The average molecular weight is 409 g/mol. The molecule has 30 heavy (non-hydrogen) atoms. The van der Waals surface area contributed by atoms with Gasteiger partial charge in [0.15, 0.2) is 0 Å². The molecule has 4 rings (SSSR count). The monoisotopic (exact) mass is 409 g/mol. The summed E-state index contributed by atoms with van der Waals surface area (Å²) in [5, 5.41) is 5.53. The Labute approximate surface area is 175 Å². The molecule has 2 aromatic rings. The first-order valence-electron chi connectivity index (χ1n) is 10.4. The van der Waals surface area contributed by atoms with Crippen LogP contribution in [0.2, 0.25) is 0 Å². The van der Waals surface area contributed by atoms with E-state index in [1.807, 2.05) is 36.9 Å². The highest BCUT2D eigenvalue weighted by molar-refractivity contribution is 6.04. The number of H-pyrrole nitrogens is 1. The number of piperidine rings is 1. The van der Waals surface area contributed by atoms with E-state index in [0.29, 0.717) is 17.6 Å². The third-order valence-electron chi connectivity index (χ3n) is 5.83. The second-order valence-corrected chi connectivity index (χ2v) is 8.49. The molecular formula is C22H27N5O3. The highest BCUT2D eigenvalue weighted by Crippen LogP contribution is 2.31. The summed E-state index contributed by atoms with van der Waals surface area (Å²) < 4.78 is 0. The molecule has 1 aromatic carbocycles. The number of hydrogen-bond donors (Lipinski definition) is 3. The van der Waals surface area contributed by atoms with Crippen molar-refractivity contribution in [3.8, 4) is 0 Å². The van der Waals surface area contributed by atoms with Crippen LogP contribution >= 0.6 is 0 Å². The smallest absolute Gasteiger partial charge is 0.258 e. The van der Waals surface area contributed by atoms with Gasteiger partial charge in [-0.05, 0) is 55.9 Å². The topological polar surface area (TPSA) is 107 Å². The Morgan fingerprint density at radius 1 is 1.13 bits per heavy atom. The maximum Gasteiger partial charge on any atom is 0.258 e. The SMILES string of the molecule is Cc1cc(C)cc(NC(=O)[C@H]2CC(=O)Nc3nc(N4CCC(C)CC4)[nH]c(=O)c32)c1. The molecule has 1 aromatic heterocycles. The summed E-state index contributed by atoms with van der Waals surface area (Å²) in [6.45, 7) is 7.70. The average Bonchev–Trinajstić information content (AvgIpc) is 2.66. The number of aryl methyl sites for hydroxylation is 2. The third-order valence-corrected chi connectivity index (χ3v) is 5.83. The normalized spacial score (nSPS) is 19.2. The lowest BCUT2D eigenvalue weighted by Gasteiger charge is -2.31. The minimum Gasteiger partial charge on any atom is -0.342 e. The minimum absolute atomic E-state index is 0.0883. The highest BCUT2D eigenvalue weighted by Gasteiger charge is 2.35. The number of aromatic amines is 1. The first-order chi connectivity index (χ1) is 14.3. The molecule has 0 saturated carbocycles. The highest BCUT2D eigenvalue weighted by atomic mass is 16.2. The summed E-state index contributed by atoms with van der Waals surface area (Å²) in [7, 11) is 0. The Morgan fingerprint density at radius 2 is 1.80 bits per heavy atom. The van der Waals surface area contributed by atoms with E-state index in [1.54, 1.807) is 0 Å². The lowest BCUT2D eigenvalue weighted by Crippen LogP contribution is -2.39. The largest absolute Gasteiger partial charge is 0.342 e. The molecule has 0 aliphatic carbocycles. The van der Waals surface area contributed by atoms with Gasteiger partial charge in [-0.1, -0.05) is 13.0 Å². The summed E-state index contributed by atoms with van der Waals surface area (Å²) in [6.07, 6.45) is 1.96. The van der Waals surface area contributed by atoms with Gasteiger partial charge >= 0.3 is 0 Å². The van der Waals surface area contributed by atoms with Crippen LogP contribution in [0, 0.1) is 19.8 Å². The molecule has 1 fully saturated rings. The Morgan fingerprint density at radius 3 is 2.47 bits per heavy atom. The zero-order chi connectivity index (χ0) is 21.4. The van der Waals surface area contributed by atoms with Crippen molar-refractivity contribution >= 4 is 29.3 Å². The van der Waals surface area contributed by atoms with Crippen LogP contribution in [-0.2, 0) is 9.59 Å². The van der Waals surface area contributed by atoms with Gasteiger partial charge in [0.25, 0.3) is 5.56 Å². The quantitative estimate of drug-likeness (QED) is 0.723. The molecule has 0 radical (unpaired) electrons. The molecule has 1 atom stereocenters. The van der Waals surface area contributed by atoms with Gasteiger partial charge in [-0.3, -0.25) is 19.4 Å². The molecule has 3 N–H and O–H groups in total. The number of aromatic nitrogens is 2. The van der Waals surface area contributed by atoms with E-state index < -0.39 is 5.92 Å². The Balaban J connectivity index is 1.63. The van der Waals surface area contributed by atoms with Crippen LogP contribution in [0.3, 0.4) is 0 Å². The first-order valence-corrected chi connectivity index (χ1v) is 10.4. The van der Waals surface area contributed by atoms with E-state index in [-0.39, 0.29) is 35.2 Å². The van der Waals surface area contributed by atoms with Crippen molar-refractivity contribution < 1.29 is 9.59 Å². The van der Waals surface area contributed by atoms with Crippen molar-refractivity contribution in [1.29, 1.82) is 0 Å². The number of amides is 2. The number of fused-ring (bicyclic) bond motifs is 1. The van der Waals surface area contributed by atoms with Crippen LogP contribution < -0.4 is 21.1 Å². The van der Waals surface area contributed by atoms with Gasteiger partial charge in [-0.2, -0.15) is 4.98 Å². The van der Waals surface area contributed by atoms with Crippen LogP contribution in [0.15, 0.2) is 23.0 Å². The number of nitrogens with zero attached hydrogens (tertiary/aromatic N) is 2. The Hall–Kier alpha value is -3.16. The number of benzene rings is 1. The summed E-state index contributed by atoms with van der Waals surface area (Å²) in [4.78, 5) is 47.5. The maximum absolute atomic E-state index is 13.0. The molecule has 158 valence electrons. The Kier molecular flexibility index (Phi) is 5.32. The van der Waals surface area contributed by atoms with Gasteiger partial charge in [0, 0.05) is 25.2 Å². The van der Waals surface area contributed by atoms with E-state index in [2.05, 4.69) is 27.5 Å². The van der Waals surface area contributed by atoms with Gasteiger partial charge in [-0.15, -0.1) is 0 Å². The summed E-state index contributed by atoms with van der Waals surface area (Å²) in [5.41, 5.74) is 2.52. The summed E-state index contributed by atoms with van der Waals surface area (Å²) in [6, 6.07) is 5.73. The molecule has 8 heteroatoms. The number of nitrogens with one attached hydrogen (secondary N) is 3. The molecule has 0 bridgehead atoms. The van der Waals surface area contributed by atoms with Crippen molar-refractivity contribution in [2.24, 2.45) is 5.92 Å². The molecule has 1 saturated heterocycles. The van der Waals surface area contributed by atoms with Gasteiger partial charge in [-0.25, -0.2) is 0 Å². The predicted molar refractivity (Wildman–Crippen MR) is 116 cm³/mol. The number of carbonyl (C=O) groups excluding carboxylic acids is 2. The standard InChI is InChI=1S/C22H27N5O3/c1-12-4-6-27(7-5-12)22-25-19-18(21(30)26-22)16(11-17(28)24-19)20(29)23-15-9-13(2)8-14(3)10-15/h8-10,12,16H,4-7,11H2,1-3H3,(H,23,29)(H2,24,25,26,28,30)/t16-/m0/s1. The van der Waals surface area contributed by atoms with Crippen molar-refractivity contribution in [2.45, 2.75) is 46.0 Å². The number of carbonyl (C=O) groups is 2. The van der Waals surface area contributed by atoms with Crippen molar-refractivity contribution in [1.82, 2.24) is 9.97 Å². The van der Waals surface area contributed by atoms with Gasteiger partial charge in [0.05, 0.1) is 11.5 Å². The molecule has 3 heterocycles. The van der Waals surface area contributed by atoms with Crippen LogP contribution in [0.25, 0.3) is 0 Å². The first kappa shape index (κ1) is 20.1. The lowest BCUT2D eigenvalue weighted by molar-refractivity contribution is -0.123. The van der Waals surface area contributed by atoms with Crippen molar-refractivity contribution in [3.63, 3.8) is 0 Å². The maximum atomic E-state index is 13.0. The van der Waals surface area contributed by atoms with Gasteiger partial charge in [0.1, 0.15) is 5.82 Å². The molecular weight excluding hydrogens is 382 g/mol. The van der Waals surface area contributed by atoms with Crippen molar-refractivity contribution in [2.75, 3.05) is 28.6 Å². The van der Waals surface area contributed by atoms with Crippen LogP contribution in [0.5, 0.6) is 0 Å². The fourth-order valence-electron chi connectivity index (χ4n) is 4.23. The van der Waals surface area contributed by atoms with Crippen LogP contribution in [0.1, 0.15) is 48.8 Å². The van der Waals surface area contributed by atoms with Crippen molar-refractivity contribution in [3.05, 3.63) is 45.2 Å². The second kappa shape index (κ2) is 7.93. The number of hydrogen-bond acceptors (Lipinski definition) is 5. The number of rotatable bonds is 3. The summed E-state index contributed by atoms with van der Waals surface area (Å²) >= 11 is 0. The minimum atomic E-state index is -0.888. The fraction of sp³-hybridized carbons (Fsp3) is 0.455. The van der Waals surface area contributed by atoms with E-state index in [0.717, 1.165) is 37.1 Å². The molecule has 2 amide bonds. The fourth-order valence-corrected chi connectivity index (χ4v) is 4.23. The molecule has 0 spiro atoms. The van der Waals surface area contributed by atoms with E-state index >= 15 is 0 Å². The molecule has 2 aliphatic rings. The van der Waals surface area contributed by atoms with E-state index in [1.165, 1.54) is 0 Å².